The van der Waals surface area contributed by atoms with Crippen molar-refractivity contribution in [2.45, 2.75) is 104 Å². The van der Waals surface area contributed by atoms with E-state index in [0.717, 1.165) is 42.8 Å². The predicted octanol–water partition coefficient (Wildman–Crippen LogP) is 7.52. The normalized spacial score (nSPS) is 20.3. The zero-order valence-corrected chi connectivity index (χ0v) is 35.5. The molecule has 1 N–H and O–H groups in total. The lowest BCUT2D eigenvalue weighted by Crippen LogP contribution is -2.58. The number of benzene rings is 3. The van der Waals surface area contributed by atoms with E-state index in [-0.39, 0.29) is 23.8 Å². The van der Waals surface area contributed by atoms with Gasteiger partial charge < -0.3 is 43.4 Å². The van der Waals surface area contributed by atoms with Crippen molar-refractivity contribution in [1.29, 1.82) is 0 Å². The number of methoxy groups -OCH3 is 3. The molecule has 3 aromatic carbocycles. The van der Waals surface area contributed by atoms with Crippen LogP contribution in [0.3, 0.4) is 0 Å². The number of nitrogens with one attached hydrogen (secondary N) is 1. The van der Waals surface area contributed by atoms with E-state index in [2.05, 4.69) is 50.2 Å². The lowest BCUT2D eigenvalue weighted by molar-refractivity contribution is -0.266. The Labute approximate surface area is 338 Å². The first-order valence-corrected chi connectivity index (χ1v) is 19.8. The van der Waals surface area contributed by atoms with Crippen molar-refractivity contribution in [2.24, 2.45) is 11.8 Å². The van der Waals surface area contributed by atoms with E-state index in [1.807, 2.05) is 38.1 Å². The van der Waals surface area contributed by atoms with Gasteiger partial charge in [-0.15, -0.1) is 0 Å². The monoisotopic (exact) mass is 790 g/mol. The summed E-state index contributed by atoms with van der Waals surface area (Å²) in [5.41, 5.74) is 2.84. The van der Waals surface area contributed by atoms with Gasteiger partial charge in [0, 0.05) is 32.0 Å². The van der Waals surface area contributed by atoms with Crippen LogP contribution in [0, 0.1) is 18.8 Å². The predicted molar refractivity (Wildman–Crippen MR) is 219 cm³/mol. The van der Waals surface area contributed by atoms with Gasteiger partial charge in [0.25, 0.3) is 0 Å². The van der Waals surface area contributed by atoms with Crippen LogP contribution in [0.2, 0.25) is 0 Å². The minimum atomic E-state index is -1.03. The van der Waals surface area contributed by atoms with E-state index in [0.29, 0.717) is 35.8 Å². The first kappa shape index (κ1) is 44.9. The second-order valence-corrected chi connectivity index (χ2v) is 15.2. The van der Waals surface area contributed by atoms with Crippen LogP contribution in [0.4, 0.5) is 5.69 Å². The van der Waals surface area contributed by atoms with Gasteiger partial charge in [-0.3, -0.25) is 14.4 Å². The molecule has 57 heavy (non-hydrogen) atoms. The number of hydrogen-bond acceptors (Lipinski definition) is 11. The molecule has 3 unspecified atom stereocenters. The van der Waals surface area contributed by atoms with Crippen LogP contribution >= 0.6 is 0 Å². The minimum absolute atomic E-state index is 0.0912. The zero-order valence-electron chi connectivity index (χ0n) is 35.5. The highest BCUT2D eigenvalue weighted by atomic mass is 16.7. The number of esters is 2. The van der Waals surface area contributed by atoms with Crippen molar-refractivity contribution in [3.05, 3.63) is 77.4 Å². The van der Waals surface area contributed by atoms with Gasteiger partial charge in [0.1, 0.15) is 17.6 Å². The van der Waals surface area contributed by atoms with Crippen LogP contribution in [0.15, 0.2) is 60.7 Å². The Kier molecular flexibility index (Phi) is 16.2. The maximum absolute atomic E-state index is 14.7. The first-order chi connectivity index (χ1) is 27.2. The number of rotatable bonds is 19. The fourth-order valence-corrected chi connectivity index (χ4v) is 7.82. The minimum Gasteiger partial charge on any atom is -0.496 e. The van der Waals surface area contributed by atoms with Gasteiger partial charge in [0.2, 0.25) is 18.3 Å². The molecule has 12 heteroatoms. The smallest absolute Gasteiger partial charge is 0.303 e. The molecule has 1 amide bonds. The van der Waals surface area contributed by atoms with E-state index >= 15 is 0 Å². The van der Waals surface area contributed by atoms with Gasteiger partial charge in [0.15, 0.2) is 11.5 Å². The van der Waals surface area contributed by atoms with Gasteiger partial charge in [-0.05, 0) is 111 Å². The summed E-state index contributed by atoms with van der Waals surface area (Å²) in [6, 6.07) is 18.9. The number of anilines is 1. The van der Waals surface area contributed by atoms with E-state index in [4.69, 9.17) is 33.2 Å². The molecule has 4 rings (SSSR count). The van der Waals surface area contributed by atoms with Crippen molar-refractivity contribution in [2.75, 3.05) is 46.8 Å². The van der Waals surface area contributed by atoms with Crippen molar-refractivity contribution in [3.8, 4) is 23.0 Å². The van der Waals surface area contributed by atoms with Crippen molar-refractivity contribution < 1.29 is 47.5 Å². The Morgan fingerprint density at radius 2 is 1.47 bits per heavy atom. The molecule has 0 bridgehead atoms. The molecule has 1 aliphatic rings. The molecule has 0 saturated carbocycles. The number of carbonyl (C=O) groups is 3. The number of carbonyl (C=O) groups excluding carboxylic acids is 3. The van der Waals surface area contributed by atoms with Gasteiger partial charge in [-0.2, -0.15) is 0 Å². The molecule has 1 aliphatic heterocycles. The maximum atomic E-state index is 14.7. The fraction of sp³-hybridized carbons (Fsp3) is 0.533. The molecular formula is C45H62N2O10. The second-order valence-electron chi connectivity index (χ2n) is 15.2. The first-order valence-electron chi connectivity index (χ1n) is 19.8. The summed E-state index contributed by atoms with van der Waals surface area (Å²) in [6.45, 7) is 14.3. The molecule has 1 heterocycles. The number of aryl methyl sites for hydroxylation is 1. The molecule has 0 aromatic heterocycles. The van der Waals surface area contributed by atoms with E-state index in [1.165, 1.54) is 19.4 Å². The van der Waals surface area contributed by atoms with Crippen molar-refractivity contribution in [3.63, 3.8) is 0 Å². The highest BCUT2D eigenvalue weighted by Crippen LogP contribution is 2.42. The summed E-state index contributed by atoms with van der Waals surface area (Å²) in [5, 5.41) is 3.20. The molecule has 0 spiro atoms. The van der Waals surface area contributed by atoms with Gasteiger partial charge in [-0.25, -0.2) is 0 Å². The molecule has 12 nitrogen and oxygen atoms in total. The van der Waals surface area contributed by atoms with Crippen LogP contribution < -0.4 is 24.3 Å². The number of nitrogens with zero attached hydrogens (tertiary/aromatic N) is 1. The van der Waals surface area contributed by atoms with E-state index in [1.54, 1.807) is 45.6 Å². The molecule has 1 saturated heterocycles. The number of hydrogen-bond donors (Lipinski definition) is 1. The summed E-state index contributed by atoms with van der Waals surface area (Å²) in [4.78, 5) is 41.2. The quantitative estimate of drug-likeness (QED) is 0.121. The molecule has 0 radical (unpaired) electrons. The number of amides is 1. The van der Waals surface area contributed by atoms with Crippen molar-refractivity contribution in [1.82, 2.24) is 4.90 Å². The highest BCUT2D eigenvalue weighted by Gasteiger charge is 2.49. The molecular weight excluding hydrogens is 728 g/mol. The average molecular weight is 791 g/mol. The Morgan fingerprint density at radius 1 is 0.842 bits per heavy atom. The second kappa shape index (κ2) is 20.6. The van der Waals surface area contributed by atoms with Crippen LogP contribution in [0.25, 0.3) is 0 Å². The number of likely N-dealkylation sites (N-methyl/N-ethyl adjacent to an activating group) is 1. The Morgan fingerprint density at radius 3 is 2.05 bits per heavy atom. The van der Waals surface area contributed by atoms with Gasteiger partial charge in [0.05, 0.1) is 32.8 Å². The molecule has 3 aromatic rings. The van der Waals surface area contributed by atoms with Crippen LogP contribution in [0.5, 0.6) is 23.0 Å². The summed E-state index contributed by atoms with van der Waals surface area (Å²) in [6.07, 6.45) is -0.199. The largest absolute Gasteiger partial charge is 0.496 e. The Bertz CT molecular complexity index is 1800. The third-order valence-electron chi connectivity index (χ3n) is 11.0. The SMILES string of the molecule is CCC1O[C@@H](Oc2ccc(NC(=O)C(CCCN(C)CCc3ccc(OC)c(C)c3)(c3ccc(OC)c(OC)c3)C(C)C)cc2)C(OC(C)=O)[C@H](OC(C)=O)[C@H]1C. The van der Waals surface area contributed by atoms with Crippen LogP contribution in [0.1, 0.15) is 77.5 Å². The lowest BCUT2D eigenvalue weighted by atomic mass is 9.67. The fourth-order valence-electron chi connectivity index (χ4n) is 7.82. The summed E-state index contributed by atoms with van der Waals surface area (Å²) in [7, 11) is 6.98. The molecule has 1 fully saturated rings. The zero-order chi connectivity index (χ0) is 41.9. The van der Waals surface area contributed by atoms with Crippen LogP contribution in [-0.4, -0.2) is 88.8 Å². The van der Waals surface area contributed by atoms with Crippen LogP contribution in [-0.2, 0) is 40.4 Å². The summed E-state index contributed by atoms with van der Waals surface area (Å²) < 4.78 is 40.4. The third-order valence-corrected chi connectivity index (χ3v) is 11.0. The third kappa shape index (κ3) is 11.2. The van der Waals surface area contributed by atoms with E-state index < -0.39 is 35.9 Å². The molecule has 312 valence electrons. The Balaban J connectivity index is 1.55. The topological polar surface area (TPSA) is 131 Å². The molecule has 0 aliphatic carbocycles. The standard InChI is InChI=1S/C45H62N2O10/c1-12-37-30(5)41(54-31(6)48)42(55-32(7)49)43(57-37)56-36-18-16-35(17-19-36)46-44(50)45(28(2)3,34-15-21-39(52-10)40(27-34)53-11)23-13-24-47(8)25-22-33-14-20-38(51-9)29(4)26-33/h14-21,26-28,30,37,41-43H,12-13,22-25H2,1-11H3,(H,46,50)/t30-,37?,41+,42?,43+,45?/m0/s1. The maximum Gasteiger partial charge on any atom is 0.303 e. The average Bonchev–Trinajstić information content (AvgIpc) is 3.18. The Hall–Kier alpha value is -4.81. The summed E-state index contributed by atoms with van der Waals surface area (Å²) >= 11 is 0. The van der Waals surface area contributed by atoms with E-state index in [9.17, 15) is 14.4 Å². The van der Waals surface area contributed by atoms with Gasteiger partial charge in [-0.1, -0.05) is 45.9 Å². The highest BCUT2D eigenvalue weighted by molar-refractivity contribution is 5.99. The lowest BCUT2D eigenvalue weighted by Gasteiger charge is -2.43. The molecule has 6 atom stereocenters. The number of ether oxygens (including phenoxy) is 7. The van der Waals surface area contributed by atoms with Crippen molar-refractivity contribution >= 4 is 23.5 Å². The summed E-state index contributed by atoms with van der Waals surface area (Å²) in [5.74, 6) is 0.921. The van der Waals surface area contributed by atoms with Gasteiger partial charge >= 0.3 is 11.9 Å².